The number of amides is 1. The Morgan fingerprint density at radius 2 is 1.75 bits per heavy atom. The van der Waals surface area contributed by atoms with Gasteiger partial charge in [0.15, 0.2) is 0 Å². The monoisotopic (exact) mass is 376 g/mol. The number of carbonyl (C=O) groups excluding carboxylic acids is 1. The number of rotatable bonds is 3. The lowest BCUT2D eigenvalue weighted by molar-refractivity contribution is 0.0929. The molecule has 0 saturated heterocycles. The minimum Gasteiger partial charge on any atom is -0.349 e. The van der Waals surface area contributed by atoms with Crippen LogP contribution in [0.25, 0.3) is 22.2 Å². The third kappa shape index (κ3) is 3.77. The number of aromatic nitrogens is 1. The molecule has 0 spiro atoms. The van der Waals surface area contributed by atoms with Crippen molar-refractivity contribution in [3.05, 3.63) is 65.0 Å². The van der Waals surface area contributed by atoms with E-state index in [0.717, 1.165) is 40.4 Å². The molecule has 1 heterocycles. The zero-order valence-electron chi connectivity index (χ0n) is 16.4. The number of hydrogen-bond donors (Lipinski definition) is 1. The molecule has 4 rings (SSSR count). The highest BCUT2D eigenvalue weighted by Crippen LogP contribution is 2.28. The van der Waals surface area contributed by atoms with Gasteiger partial charge in [0.25, 0.3) is 5.91 Å². The van der Waals surface area contributed by atoms with Crippen LogP contribution in [0.2, 0.25) is 0 Å². The predicted octanol–water partition coefficient (Wildman–Crippen LogP) is 5.72. The third-order valence-electron chi connectivity index (χ3n) is 5.57. The standard InChI is InChI=1S/C24H25FN2O/c1-15-12-16(2)23-20(13-15)21(24(28)26-19-6-4-3-5-7-19)14-22(27-23)17-8-10-18(25)11-9-17/h8-14,19H,3-7H2,1-2H3,(H,26,28). The maximum Gasteiger partial charge on any atom is 0.252 e. The van der Waals surface area contributed by atoms with Gasteiger partial charge in [0.05, 0.1) is 16.8 Å². The second-order valence-corrected chi connectivity index (χ2v) is 7.85. The predicted molar refractivity (Wildman–Crippen MR) is 111 cm³/mol. The topological polar surface area (TPSA) is 42.0 Å². The Bertz CT molecular complexity index is 1020. The molecule has 4 heteroatoms. The lowest BCUT2D eigenvalue weighted by atomic mass is 9.94. The summed E-state index contributed by atoms with van der Waals surface area (Å²) >= 11 is 0. The van der Waals surface area contributed by atoms with Gasteiger partial charge in [-0.25, -0.2) is 9.37 Å². The molecule has 1 N–H and O–H groups in total. The van der Waals surface area contributed by atoms with E-state index in [1.54, 1.807) is 12.1 Å². The van der Waals surface area contributed by atoms with Crippen molar-refractivity contribution < 1.29 is 9.18 Å². The van der Waals surface area contributed by atoms with Crippen LogP contribution in [0, 0.1) is 19.7 Å². The number of benzene rings is 2. The van der Waals surface area contributed by atoms with E-state index >= 15 is 0 Å². The van der Waals surface area contributed by atoms with Crippen LogP contribution in [0.3, 0.4) is 0 Å². The van der Waals surface area contributed by atoms with E-state index in [9.17, 15) is 9.18 Å². The molecular weight excluding hydrogens is 351 g/mol. The van der Waals surface area contributed by atoms with Crippen molar-refractivity contribution in [1.29, 1.82) is 0 Å². The Labute approximate surface area is 165 Å². The van der Waals surface area contributed by atoms with Crippen molar-refractivity contribution >= 4 is 16.8 Å². The van der Waals surface area contributed by atoms with Gasteiger partial charge in [0, 0.05) is 17.0 Å². The molecule has 3 aromatic rings. The number of carbonyl (C=O) groups is 1. The SMILES string of the molecule is Cc1cc(C)c2nc(-c3ccc(F)cc3)cc(C(=O)NC3CCCCC3)c2c1. The van der Waals surface area contributed by atoms with E-state index in [-0.39, 0.29) is 17.8 Å². The molecule has 1 aliphatic rings. The molecule has 0 aliphatic heterocycles. The minimum absolute atomic E-state index is 0.0485. The minimum atomic E-state index is -0.286. The van der Waals surface area contributed by atoms with Gasteiger partial charge in [0.2, 0.25) is 0 Å². The van der Waals surface area contributed by atoms with E-state index in [4.69, 9.17) is 4.98 Å². The number of aryl methyl sites for hydroxylation is 2. The van der Waals surface area contributed by atoms with E-state index in [0.29, 0.717) is 11.3 Å². The smallest absolute Gasteiger partial charge is 0.252 e. The number of halogens is 1. The second kappa shape index (κ2) is 7.70. The molecule has 0 atom stereocenters. The van der Waals surface area contributed by atoms with Crippen LogP contribution in [-0.4, -0.2) is 16.9 Å². The highest BCUT2D eigenvalue weighted by atomic mass is 19.1. The average Bonchev–Trinajstić information content (AvgIpc) is 2.68. The molecule has 2 aromatic carbocycles. The highest BCUT2D eigenvalue weighted by molar-refractivity contribution is 6.08. The molecule has 3 nitrogen and oxygen atoms in total. The van der Waals surface area contributed by atoms with Crippen LogP contribution in [-0.2, 0) is 0 Å². The fourth-order valence-electron chi connectivity index (χ4n) is 4.15. The highest BCUT2D eigenvalue weighted by Gasteiger charge is 2.20. The second-order valence-electron chi connectivity index (χ2n) is 7.85. The zero-order valence-corrected chi connectivity index (χ0v) is 16.4. The summed E-state index contributed by atoms with van der Waals surface area (Å²) in [4.78, 5) is 18.0. The van der Waals surface area contributed by atoms with Gasteiger partial charge >= 0.3 is 0 Å². The molecule has 0 unspecified atom stereocenters. The number of fused-ring (bicyclic) bond motifs is 1. The summed E-state index contributed by atoms with van der Waals surface area (Å²) in [5, 5.41) is 4.10. The van der Waals surface area contributed by atoms with Gasteiger partial charge in [-0.05, 0) is 68.7 Å². The molecule has 28 heavy (non-hydrogen) atoms. The molecule has 144 valence electrons. The van der Waals surface area contributed by atoms with Gasteiger partial charge in [-0.1, -0.05) is 30.9 Å². The fraction of sp³-hybridized carbons (Fsp3) is 0.333. The summed E-state index contributed by atoms with van der Waals surface area (Å²) in [7, 11) is 0. The normalized spacial score (nSPS) is 15.0. The summed E-state index contributed by atoms with van der Waals surface area (Å²) < 4.78 is 13.3. The van der Waals surface area contributed by atoms with Crippen molar-refractivity contribution in [3.63, 3.8) is 0 Å². The molecule has 1 amide bonds. The van der Waals surface area contributed by atoms with Crippen LogP contribution in [0.15, 0.2) is 42.5 Å². The summed E-state index contributed by atoms with van der Waals surface area (Å²) in [5.41, 5.74) is 5.09. The van der Waals surface area contributed by atoms with E-state index in [1.807, 2.05) is 26.0 Å². The molecule has 0 radical (unpaired) electrons. The molecule has 1 saturated carbocycles. The molecular formula is C24H25FN2O. The summed E-state index contributed by atoms with van der Waals surface area (Å²) in [6, 6.07) is 12.4. The summed E-state index contributed by atoms with van der Waals surface area (Å²) in [6.45, 7) is 4.04. The molecule has 0 bridgehead atoms. The Kier molecular flexibility index (Phi) is 5.12. The number of hydrogen-bond acceptors (Lipinski definition) is 2. The van der Waals surface area contributed by atoms with Crippen molar-refractivity contribution in [1.82, 2.24) is 10.3 Å². The van der Waals surface area contributed by atoms with Crippen molar-refractivity contribution in [2.75, 3.05) is 0 Å². The largest absolute Gasteiger partial charge is 0.349 e. The first-order chi connectivity index (χ1) is 13.5. The number of nitrogens with one attached hydrogen (secondary N) is 1. The molecule has 1 aromatic heterocycles. The Balaban J connectivity index is 1.82. The van der Waals surface area contributed by atoms with Crippen LogP contribution in [0.4, 0.5) is 4.39 Å². The van der Waals surface area contributed by atoms with Gasteiger partial charge in [-0.3, -0.25) is 4.79 Å². The maximum atomic E-state index is 13.3. The average molecular weight is 376 g/mol. The Hall–Kier alpha value is -2.75. The van der Waals surface area contributed by atoms with Gasteiger partial charge in [-0.15, -0.1) is 0 Å². The lowest BCUT2D eigenvalue weighted by Gasteiger charge is -2.23. The zero-order chi connectivity index (χ0) is 19.7. The van der Waals surface area contributed by atoms with E-state index < -0.39 is 0 Å². The van der Waals surface area contributed by atoms with E-state index in [1.165, 1.54) is 31.4 Å². The Morgan fingerprint density at radius 1 is 1.04 bits per heavy atom. The molecule has 1 fully saturated rings. The van der Waals surface area contributed by atoms with Gasteiger partial charge in [0.1, 0.15) is 5.82 Å². The Morgan fingerprint density at radius 3 is 2.46 bits per heavy atom. The maximum absolute atomic E-state index is 13.3. The molecule has 1 aliphatic carbocycles. The van der Waals surface area contributed by atoms with Crippen LogP contribution in [0.5, 0.6) is 0 Å². The summed E-state index contributed by atoms with van der Waals surface area (Å²) in [6.07, 6.45) is 5.66. The number of nitrogens with zero attached hydrogens (tertiary/aromatic N) is 1. The quantitative estimate of drug-likeness (QED) is 0.635. The van der Waals surface area contributed by atoms with Crippen molar-refractivity contribution in [2.24, 2.45) is 0 Å². The lowest BCUT2D eigenvalue weighted by Crippen LogP contribution is -2.36. The van der Waals surface area contributed by atoms with Crippen molar-refractivity contribution in [3.8, 4) is 11.3 Å². The fourth-order valence-corrected chi connectivity index (χ4v) is 4.15. The van der Waals surface area contributed by atoms with Crippen LogP contribution in [0.1, 0.15) is 53.6 Å². The number of pyridine rings is 1. The first kappa shape index (κ1) is 18.6. The van der Waals surface area contributed by atoms with Crippen molar-refractivity contribution in [2.45, 2.75) is 52.0 Å². The van der Waals surface area contributed by atoms with Gasteiger partial charge < -0.3 is 5.32 Å². The first-order valence-electron chi connectivity index (χ1n) is 10.00. The third-order valence-corrected chi connectivity index (χ3v) is 5.57. The first-order valence-corrected chi connectivity index (χ1v) is 10.00. The van der Waals surface area contributed by atoms with Crippen LogP contribution < -0.4 is 5.32 Å². The summed E-state index contributed by atoms with van der Waals surface area (Å²) in [5.74, 6) is -0.334. The van der Waals surface area contributed by atoms with Crippen LogP contribution >= 0.6 is 0 Å². The van der Waals surface area contributed by atoms with Gasteiger partial charge in [-0.2, -0.15) is 0 Å². The van der Waals surface area contributed by atoms with E-state index in [2.05, 4.69) is 11.4 Å².